The van der Waals surface area contributed by atoms with Gasteiger partial charge in [0.25, 0.3) is 5.91 Å². The minimum Gasteiger partial charge on any atom is -0.319 e. The highest BCUT2D eigenvalue weighted by Crippen LogP contribution is 2.16. The van der Waals surface area contributed by atoms with Gasteiger partial charge in [-0.15, -0.1) is 0 Å². The van der Waals surface area contributed by atoms with Crippen LogP contribution in [0.2, 0.25) is 5.15 Å². The number of aromatic nitrogens is 4. The molecule has 0 aliphatic rings. The Hall–Kier alpha value is -1.95. The molecule has 0 aromatic carbocycles. The Bertz CT molecular complexity index is 511. The van der Waals surface area contributed by atoms with Crippen molar-refractivity contribution in [1.82, 2.24) is 20.4 Å². The molecule has 2 heterocycles. The zero-order valence-electron chi connectivity index (χ0n) is 8.36. The summed E-state index contributed by atoms with van der Waals surface area (Å²) in [7, 11) is 0. The summed E-state index contributed by atoms with van der Waals surface area (Å²) >= 11 is 5.77. The molecule has 2 N–H and O–H groups in total. The van der Waals surface area contributed by atoms with Gasteiger partial charge in [-0.05, 0) is 18.6 Å². The van der Waals surface area contributed by atoms with Crippen LogP contribution in [0.25, 0.3) is 0 Å². The molecule has 6 nitrogen and oxygen atoms in total. The van der Waals surface area contributed by atoms with Crippen LogP contribution in [0, 0.1) is 6.92 Å². The van der Waals surface area contributed by atoms with Crippen molar-refractivity contribution >= 4 is 23.2 Å². The van der Waals surface area contributed by atoms with Gasteiger partial charge in [0, 0.05) is 0 Å². The molecule has 2 aromatic heterocycles. The molecule has 0 aliphatic carbocycles. The highest BCUT2D eigenvalue weighted by atomic mass is 35.5. The number of nitrogens with zero attached hydrogens (tertiary/aromatic N) is 3. The van der Waals surface area contributed by atoms with Crippen molar-refractivity contribution < 1.29 is 4.79 Å². The molecule has 0 radical (unpaired) electrons. The molecule has 16 heavy (non-hydrogen) atoms. The first-order valence-electron chi connectivity index (χ1n) is 4.46. The number of pyridine rings is 1. The lowest BCUT2D eigenvalue weighted by molar-refractivity contribution is 0.102. The summed E-state index contributed by atoms with van der Waals surface area (Å²) in [5, 5.41) is 12.6. The van der Waals surface area contributed by atoms with E-state index in [9.17, 15) is 4.79 Å². The second-order valence-electron chi connectivity index (χ2n) is 3.14. The molecular weight excluding hydrogens is 230 g/mol. The number of hydrogen-bond acceptors (Lipinski definition) is 4. The maximum Gasteiger partial charge on any atom is 0.277 e. The first-order valence-corrected chi connectivity index (χ1v) is 4.84. The van der Waals surface area contributed by atoms with Crippen LogP contribution in [-0.2, 0) is 0 Å². The third-order valence-corrected chi connectivity index (χ3v) is 2.32. The molecule has 7 heteroatoms. The van der Waals surface area contributed by atoms with E-state index in [1.165, 1.54) is 12.4 Å². The van der Waals surface area contributed by atoms with Crippen molar-refractivity contribution in [3.63, 3.8) is 0 Å². The standard InChI is InChI=1S/C9H8ClN5O/c1-5-2-6(3-11-8(5)10)13-9(16)7-4-12-15-14-7/h2-4H,1H3,(H,13,16)(H,12,14,15). The average Bonchev–Trinajstić information content (AvgIpc) is 2.77. The number of nitrogens with one attached hydrogen (secondary N) is 2. The van der Waals surface area contributed by atoms with Gasteiger partial charge < -0.3 is 5.32 Å². The number of halogens is 1. The summed E-state index contributed by atoms with van der Waals surface area (Å²) in [6.45, 7) is 1.81. The lowest BCUT2D eigenvalue weighted by Crippen LogP contribution is -2.12. The minimum atomic E-state index is -0.350. The number of aryl methyl sites for hydroxylation is 1. The van der Waals surface area contributed by atoms with Gasteiger partial charge in [-0.2, -0.15) is 15.4 Å². The highest BCUT2D eigenvalue weighted by molar-refractivity contribution is 6.30. The largest absolute Gasteiger partial charge is 0.319 e. The third kappa shape index (κ3) is 2.17. The van der Waals surface area contributed by atoms with Gasteiger partial charge in [-0.3, -0.25) is 4.79 Å². The van der Waals surface area contributed by atoms with Gasteiger partial charge in [0.1, 0.15) is 5.15 Å². The number of amides is 1. The smallest absolute Gasteiger partial charge is 0.277 e. The van der Waals surface area contributed by atoms with Gasteiger partial charge >= 0.3 is 0 Å². The number of aromatic amines is 1. The molecule has 2 aromatic rings. The van der Waals surface area contributed by atoms with Gasteiger partial charge in [0.2, 0.25) is 0 Å². The van der Waals surface area contributed by atoms with E-state index in [0.717, 1.165) is 5.56 Å². The Balaban J connectivity index is 2.15. The summed E-state index contributed by atoms with van der Waals surface area (Å²) in [5.74, 6) is -0.350. The van der Waals surface area contributed by atoms with Gasteiger partial charge in [-0.25, -0.2) is 4.98 Å². The molecule has 2 rings (SSSR count). The SMILES string of the molecule is Cc1cc(NC(=O)c2cn[nH]n2)cnc1Cl. The molecule has 0 saturated carbocycles. The quantitative estimate of drug-likeness (QED) is 0.774. The summed E-state index contributed by atoms with van der Waals surface area (Å²) < 4.78 is 0. The number of carbonyl (C=O) groups is 1. The molecule has 0 unspecified atom stereocenters. The predicted molar refractivity (Wildman–Crippen MR) is 58.3 cm³/mol. The number of carbonyl (C=O) groups excluding carboxylic acids is 1. The van der Waals surface area contributed by atoms with Gasteiger partial charge in [0.05, 0.1) is 18.1 Å². The maximum atomic E-state index is 11.6. The van der Waals surface area contributed by atoms with Crippen LogP contribution in [0.3, 0.4) is 0 Å². The Morgan fingerprint density at radius 2 is 2.31 bits per heavy atom. The molecule has 0 fully saturated rings. The van der Waals surface area contributed by atoms with E-state index in [-0.39, 0.29) is 11.6 Å². The third-order valence-electron chi connectivity index (χ3n) is 1.92. The van der Waals surface area contributed by atoms with Gasteiger partial charge in [0.15, 0.2) is 5.69 Å². The topological polar surface area (TPSA) is 83.6 Å². The Labute approximate surface area is 96.0 Å². The first-order chi connectivity index (χ1) is 7.66. The lowest BCUT2D eigenvalue weighted by atomic mass is 10.3. The van der Waals surface area contributed by atoms with Crippen LogP contribution in [0.15, 0.2) is 18.5 Å². The summed E-state index contributed by atoms with van der Waals surface area (Å²) in [4.78, 5) is 15.5. The van der Waals surface area contributed by atoms with Crippen LogP contribution >= 0.6 is 11.6 Å². The van der Waals surface area contributed by atoms with Crippen molar-refractivity contribution in [2.24, 2.45) is 0 Å². The normalized spacial score (nSPS) is 10.1. The Morgan fingerprint density at radius 1 is 1.50 bits per heavy atom. The number of anilines is 1. The van der Waals surface area contributed by atoms with E-state index in [4.69, 9.17) is 11.6 Å². The van der Waals surface area contributed by atoms with Crippen molar-refractivity contribution in [3.8, 4) is 0 Å². The van der Waals surface area contributed by atoms with E-state index < -0.39 is 0 Å². The number of rotatable bonds is 2. The van der Waals surface area contributed by atoms with E-state index in [0.29, 0.717) is 10.8 Å². The molecule has 0 atom stereocenters. The van der Waals surface area contributed by atoms with Crippen LogP contribution in [-0.4, -0.2) is 26.3 Å². The van der Waals surface area contributed by atoms with Gasteiger partial charge in [-0.1, -0.05) is 11.6 Å². The van der Waals surface area contributed by atoms with Crippen LogP contribution in [0.5, 0.6) is 0 Å². The molecule has 0 saturated heterocycles. The van der Waals surface area contributed by atoms with Crippen molar-refractivity contribution in [3.05, 3.63) is 34.9 Å². The van der Waals surface area contributed by atoms with E-state index in [2.05, 4.69) is 25.7 Å². The second kappa shape index (κ2) is 4.28. The average molecular weight is 238 g/mol. The Kier molecular flexibility index (Phi) is 2.82. The summed E-state index contributed by atoms with van der Waals surface area (Å²) in [6, 6.07) is 1.73. The fourth-order valence-corrected chi connectivity index (χ4v) is 1.24. The molecule has 0 spiro atoms. The predicted octanol–water partition coefficient (Wildman–Crippen LogP) is 1.41. The van der Waals surface area contributed by atoms with E-state index >= 15 is 0 Å². The Morgan fingerprint density at radius 3 is 2.94 bits per heavy atom. The summed E-state index contributed by atoms with van der Waals surface area (Å²) in [5.41, 5.74) is 1.57. The second-order valence-corrected chi connectivity index (χ2v) is 3.50. The zero-order chi connectivity index (χ0) is 11.5. The highest BCUT2D eigenvalue weighted by Gasteiger charge is 2.09. The minimum absolute atomic E-state index is 0.215. The molecule has 1 amide bonds. The molecular formula is C9H8ClN5O. The van der Waals surface area contributed by atoms with Crippen molar-refractivity contribution in [1.29, 1.82) is 0 Å². The first kappa shape index (κ1) is 10.6. The van der Waals surface area contributed by atoms with Crippen LogP contribution < -0.4 is 5.32 Å². The summed E-state index contributed by atoms with van der Waals surface area (Å²) in [6.07, 6.45) is 2.82. The maximum absolute atomic E-state index is 11.6. The van der Waals surface area contributed by atoms with E-state index in [1.54, 1.807) is 13.0 Å². The van der Waals surface area contributed by atoms with Crippen molar-refractivity contribution in [2.45, 2.75) is 6.92 Å². The lowest BCUT2D eigenvalue weighted by Gasteiger charge is -2.04. The number of H-pyrrole nitrogens is 1. The molecule has 0 bridgehead atoms. The fourth-order valence-electron chi connectivity index (χ4n) is 1.13. The fraction of sp³-hybridized carbons (Fsp3) is 0.111. The van der Waals surface area contributed by atoms with Crippen molar-refractivity contribution in [2.75, 3.05) is 5.32 Å². The number of hydrogen-bond donors (Lipinski definition) is 2. The van der Waals surface area contributed by atoms with Crippen LogP contribution in [0.4, 0.5) is 5.69 Å². The molecule has 0 aliphatic heterocycles. The zero-order valence-corrected chi connectivity index (χ0v) is 9.12. The monoisotopic (exact) mass is 237 g/mol. The van der Waals surface area contributed by atoms with E-state index in [1.807, 2.05) is 0 Å². The van der Waals surface area contributed by atoms with Crippen LogP contribution in [0.1, 0.15) is 16.1 Å². The molecule has 82 valence electrons.